The van der Waals surface area contributed by atoms with Gasteiger partial charge in [-0.1, -0.05) is 18.2 Å². The topological polar surface area (TPSA) is 78.7 Å². The number of hydrogen-bond acceptors (Lipinski definition) is 5. The first kappa shape index (κ1) is 14.4. The van der Waals surface area contributed by atoms with E-state index < -0.39 is 11.9 Å². The molecule has 0 saturated carbocycles. The summed E-state index contributed by atoms with van der Waals surface area (Å²) < 4.78 is 22.0. The van der Waals surface area contributed by atoms with Crippen molar-refractivity contribution in [3.63, 3.8) is 0 Å². The fraction of sp³-hybridized carbons (Fsp3) is 0. The average Bonchev–Trinajstić information content (AvgIpc) is 2.39. The average molecular weight is 314 g/mol. The first-order chi connectivity index (χ1) is 9.46. The highest BCUT2D eigenvalue weighted by Gasteiger charge is 2.25. The third-order valence-corrected chi connectivity index (χ3v) is 3.49. The lowest BCUT2D eigenvalue weighted by Gasteiger charge is -2.13. The van der Waals surface area contributed by atoms with Gasteiger partial charge in [0.1, 0.15) is 11.5 Å². The molecule has 20 heavy (non-hydrogen) atoms. The number of benzene rings is 2. The number of para-hydroxylation sites is 1. The Morgan fingerprint density at radius 3 is 1.95 bits per heavy atom. The van der Waals surface area contributed by atoms with Gasteiger partial charge in [-0.2, -0.15) is 0 Å². The summed E-state index contributed by atoms with van der Waals surface area (Å²) in [5.74, 6) is 0.414. The first-order valence-electron chi connectivity index (χ1n) is 5.45. The van der Waals surface area contributed by atoms with Crippen LogP contribution in [0.3, 0.4) is 0 Å². The minimum Gasteiger partial charge on any atom is -0.405 e. The lowest BCUT2D eigenvalue weighted by atomic mass is 10.3. The number of rotatable bonds is 5. The van der Waals surface area contributed by atoms with E-state index in [0.29, 0.717) is 5.75 Å². The summed E-state index contributed by atoms with van der Waals surface area (Å²) in [5, 5.41) is 10.5. The maximum atomic E-state index is 12.0. The molecule has 0 saturated heterocycles. The Kier molecular flexibility index (Phi) is 4.27. The van der Waals surface area contributed by atoms with Gasteiger partial charge in [0.15, 0.2) is 0 Å². The Balaban J connectivity index is 2.08. The van der Waals surface area contributed by atoms with Crippen molar-refractivity contribution in [2.24, 2.45) is 0 Å². The highest BCUT2D eigenvalue weighted by Crippen LogP contribution is 2.53. The van der Waals surface area contributed by atoms with Crippen molar-refractivity contribution < 1.29 is 18.5 Å². The number of nitro benzene ring substituents is 1. The van der Waals surface area contributed by atoms with Crippen LogP contribution in [-0.4, -0.2) is 4.92 Å². The van der Waals surface area contributed by atoms with Crippen molar-refractivity contribution in [3.05, 3.63) is 64.7 Å². The number of non-ortho nitro benzene ring substituents is 1. The van der Waals surface area contributed by atoms with E-state index in [9.17, 15) is 14.7 Å². The molecular formula is C12H9ClNO5P. The molecule has 0 aliphatic heterocycles. The predicted octanol–water partition coefficient (Wildman–Crippen LogP) is 4.40. The van der Waals surface area contributed by atoms with Gasteiger partial charge in [0.05, 0.1) is 4.92 Å². The Bertz CT molecular complexity index is 647. The van der Waals surface area contributed by atoms with Crippen LogP contribution in [0, 0.1) is 10.1 Å². The van der Waals surface area contributed by atoms with Gasteiger partial charge in [0, 0.05) is 23.4 Å². The molecule has 0 N–H and O–H groups in total. The molecule has 8 heteroatoms. The van der Waals surface area contributed by atoms with Crippen LogP contribution in [0.2, 0.25) is 0 Å². The summed E-state index contributed by atoms with van der Waals surface area (Å²) in [7, 11) is 0. The van der Waals surface area contributed by atoms with Gasteiger partial charge in [0.2, 0.25) is 0 Å². The number of hydrogen-bond donors (Lipinski definition) is 0. The van der Waals surface area contributed by atoms with Crippen molar-refractivity contribution in [3.8, 4) is 11.5 Å². The fourth-order valence-electron chi connectivity index (χ4n) is 1.38. The molecule has 1 atom stereocenters. The van der Waals surface area contributed by atoms with E-state index in [0.717, 1.165) is 0 Å². The normalized spacial score (nSPS) is 13.2. The summed E-state index contributed by atoms with van der Waals surface area (Å²) in [6.45, 7) is -3.87. The van der Waals surface area contributed by atoms with Gasteiger partial charge in [-0.05, 0) is 24.3 Å². The van der Waals surface area contributed by atoms with Gasteiger partial charge in [0.25, 0.3) is 5.69 Å². The Morgan fingerprint density at radius 1 is 0.950 bits per heavy atom. The van der Waals surface area contributed by atoms with Gasteiger partial charge in [-0.3, -0.25) is 10.1 Å². The highest BCUT2D eigenvalue weighted by atomic mass is 35.7. The molecule has 0 amide bonds. The minimum atomic E-state index is -3.87. The SMILES string of the molecule is O=[N+]([O-])c1ccc(OP(=O)(Cl)Oc2ccccc2)cc1. The summed E-state index contributed by atoms with van der Waals surface area (Å²) >= 11 is 5.68. The molecule has 104 valence electrons. The van der Waals surface area contributed by atoms with Crippen LogP contribution in [0.1, 0.15) is 0 Å². The van der Waals surface area contributed by atoms with Gasteiger partial charge < -0.3 is 9.05 Å². The van der Waals surface area contributed by atoms with Crippen molar-refractivity contribution in [1.82, 2.24) is 0 Å². The summed E-state index contributed by atoms with van der Waals surface area (Å²) in [6, 6.07) is 13.3. The lowest BCUT2D eigenvalue weighted by Crippen LogP contribution is -1.95. The zero-order chi connectivity index (χ0) is 14.6. The molecular weight excluding hydrogens is 305 g/mol. The molecule has 2 aromatic rings. The lowest BCUT2D eigenvalue weighted by molar-refractivity contribution is -0.384. The monoisotopic (exact) mass is 313 g/mol. The van der Waals surface area contributed by atoms with Gasteiger partial charge >= 0.3 is 6.95 Å². The van der Waals surface area contributed by atoms with Crippen LogP contribution in [0.25, 0.3) is 0 Å². The highest BCUT2D eigenvalue weighted by molar-refractivity contribution is 7.82. The molecule has 0 bridgehead atoms. The van der Waals surface area contributed by atoms with E-state index in [2.05, 4.69) is 0 Å². The van der Waals surface area contributed by atoms with Gasteiger partial charge in [-0.15, -0.1) is 0 Å². The Morgan fingerprint density at radius 2 is 1.45 bits per heavy atom. The Labute approximate surface area is 119 Å². The second-order valence-electron chi connectivity index (χ2n) is 3.68. The number of halogens is 1. The van der Waals surface area contributed by atoms with Crippen molar-refractivity contribution in [2.45, 2.75) is 0 Å². The summed E-state index contributed by atoms with van der Waals surface area (Å²) in [5.41, 5.74) is -0.106. The van der Waals surface area contributed by atoms with Crippen LogP contribution in [0.15, 0.2) is 54.6 Å². The second kappa shape index (κ2) is 5.94. The summed E-state index contributed by atoms with van der Waals surface area (Å²) in [6.07, 6.45) is 0. The van der Waals surface area contributed by atoms with E-state index in [-0.39, 0.29) is 11.4 Å². The smallest absolute Gasteiger partial charge is 0.405 e. The molecule has 0 aromatic heterocycles. The first-order valence-corrected chi connectivity index (χ1v) is 7.89. The molecule has 0 radical (unpaired) electrons. The molecule has 0 aliphatic rings. The number of nitrogens with zero attached hydrogens (tertiary/aromatic N) is 1. The maximum Gasteiger partial charge on any atom is 0.530 e. The quantitative estimate of drug-likeness (QED) is 0.464. The molecule has 0 spiro atoms. The van der Waals surface area contributed by atoms with Gasteiger partial charge in [-0.25, -0.2) is 4.57 Å². The second-order valence-corrected chi connectivity index (χ2v) is 6.15. The molecule has 0 heterocycles. The third-order valence-electron chi connectivity index (χ3n) is 2.22. The van der Waals surface area contributed by atoms with E-state index in [1.165, 1.54) is 24.3 Å². The zero-order valence-electron chi connectivity index (χ0n) is 10.0. The molecule has 2 rings (SSSR count). The van der Waals surface area contributed by atoms with E-state index >= 15 is 0 Å². The molecule has 6 nitrogen and oxygen atoms in total. The van der Waals surface area contributed by atoms with Crippen LogP contribution < -0.4 is 9.05 Å². The largest absolute Gasteiger partial charge is 0.530 e. The van der Waals surface area contributed by atoms with Crippen LogP contribution in [0.5, 0.6) is 11.5 Å². The third kappa shape index (κ3) is 3.98. The predicted molar refractivity (Wildman–Crippen MR) is 74.3 cm³/mol. The fourth-order valence-corrected chi connectivity index (χ4v) is 2.64. The summed E-state index contributed by atoms with van der Waals surface area (Å²) in [4.78, 5) is 9.95. The standard InChI is InChI=1S/C12H9ClNO5P/c13-20(17,18-11-4-2-1-3-5-11)19-12-8-6-10(7-9-12)14(15)16/h1-9H. The minimum absolute atomic E-state index is 0.106. The van der Waals surface area contributed by atoms with Crippen molar-refractivity contribution >= 4 is 23.9 Å². The Hall–Kier alpha value is -2.04. The number of nitro groups is 1. The molecule has 1 unspecified atom stereocenters. The van der Waals surface area contributed by atoms with Crippen LogP contribution >= 0.6 is 18.2 Å². The molecule has 0 aliphatic carbocycles. The van der Waals surface area contributed by atoms with Crippen LogP contribution in [-0.2, 0) is 4.57 Å². The molecule has 2 aromatic carbocycles. The van der Waals surface area contributed by atoms with Crippen LogP contribution in [0.4, 0.5) is 5.69 Å². The molecule has 0 fully saturated rings. The van der Waals surface area contributed by atoms with Crippen molar-refractivity contribution in [2.75, 3.05) is 0 Å². The van der Waals surface area contributed by atoms with Crippen molar-refractivity contribution in [1.29, 1.82) is 0 Å². The zero-order valence-corrected chi connectivity index (χ0v) is 11.7. The van der Waals surface area contributed by atoms with E-state index in [1.807, 2.05) is 0 Å². The maximum absolute atomic E-state index is 12.0. The van der Waals surface area contributed by atoms with E-state index in [4.69, 9.17) is 20.3 Å². The van der Waals surface area contributed by atoms with E-state index in [1.54, 1.807) is 30.3 Å².